The zero-order chi connectivity index (χ0) is 14.0. The van der Waals surface area contributed by atoms with Crippen LogP contribution in [0.3, 0.4) is 0 Å². The van der Waals surface area contributed by atoms with Crippen LogP contribution in [-0.4, -0.2) is 16.5 Å². The third kappa shape index (κ3) is 3.17. The van der Waals surface area contributed by atoms with Crippen molar-refractivity contribution in [2.45, 2.75) is 44.7 Å². The van der Waals surface area contributed by atoms with E-state index in [0.29, 0.717) is 6.54 Å². The number of hydrogen-bond acceptors (Lipinski definition) is 2. The molecule has 2 aliphatic rings. The Labute approximate surface area is 124 Å². The minimum Gasteiger partial charge on any atom is -0.359 e. The van der Waals surface area contributed by atoms with Crippen LogP contribution < -0.4 is 5.32 Å². The molecule has 1 aromatic rings. The van der Waals surface area contributed by atoms with Crippen LogP contribution in [0.25, 0.3) is 0 Å². The Morgan fingerprint density at radius 2 is 2.20 bits per heavy atom. The largest absolute Gasteiger partial charge is 0.359 e. The summed E-state index contributed by atoms with van der Waals surface area (Å²) in [6, 6.07) is 6.60. The molecule has 1 aromatic carbocycles. The Bertz CT molecular complexity index is 500. The van der Waals surface area contributed by atoms with Crippen molar-refractivity contribution in [3.05, 3.63) is 35.6 Å². The van der Waals surface area contributed by atoms with Crippen LogP contribution >= 0.6 is 11.8 Å². The van der Waals surface area contributed by atoms with Crippen LogP contribution in [0, 0.1) is 11.7 Å². The molecular weight excluding hydrogens is 271 g/mol. The number of amidine groups is 1. The van der Waals surface area contributed by atoms with Gasteiger partial charge in [0.15, 0.2) is 5.17 Å². The van der Waals surface area contributed by atoms with E-state index in [0.717, 1.165) is 22.4 Å². The zero-order valence-electron chi connectivity index (χ0n) is 11.9. The number of halogens is 1. The Morgan fingerprint density at radius 3 is 2.95 bits per heavy atom. The molecule has 108 valence electrons. The van der Waals surface area contributed by atoms with Gasteiger partial charge in [-0.15, -0.1) is 0 Å². The molecule has 1 N–H and O–H groups in total. The van der Waals surface area contributed by atoms with Gasteiger partial charge in [-0.05, 0) is 36.5 Å². The van der Waals surface area contributed by atoms with Gasteiger partial charge in [0, 0.05) is 11.3 Å². The maximum absolute atomic E-state index is 12.9. The standard InChI is InChI=1S/C16H21FN2S/c1-12-3-2-8-16(9-12)11-20-15(19-16)18-10-13-4-6-14(17)7-5-13/h4-7,12H,2-3,8-11H2,1H3,(H,18,19). The summed E-state index contributed by atoms with van der Waals surface area (Å²) in [6.45, 7) is 2.97. The molecule has 1 saturated carbocycles. The van der Waals surface area contributed by atoms with Gasteiger partial charge in [0.1, 0.15) is 5.82 Å². The average Bonchev–Trinajstić information content (AvgIpc) is 2.81. The first-order chi connectivity index (χ1) is 9.65. The lowest BCUT2D eigenvalue weighted by Gasteiger charge is -2.36. The van der Waals surface area contributed by atoms with Crippen LogP contribution in [0.1, 0.15) is 38.2 Å². The molecule has 1 aliphatic carbocycles. The van der Waals surface area contributed by atoms with Gasteiger partial charge in [0.05, 0.1) is 6.54 Å². The van der Waals surface area contributed by atoms with E-state index in [1.165, 1.54) is 37.8 Å². The van der Waals surface area contributed by atoms with Crippen molar-refractivity contribution in [3.8, 4) is 0 Å². The monoisotopic (exact) mass is 292 g/mol. The third-order valence-electron chi connectivity index (χ3n) is 4.27. The second kappa shape index (κ2) is 5.76. The quantitative estimate of drug-likeness (QED) is 0.892. The highest BCUT2D eigenvalue weighted by molar-refractivity contribution is 8.14. The van der Waals surface area contributed by atoms with E-state index in [4.69, 9.17) is 0 Å². The Morgan fingerprint density at radius 1 is 1.40 bits per heavy atom. The number of benzene rings is 1. The number of aliphatic imine (C=N–C) groups is 1. The SMILES string of the molecule is CC1CCCC2(CSC(=NCc3ccc(F)cc3)N2)C1. The number of thioether (sulfide) groups is 1. The van der Waals surface area contributed by atoms with Gasteiger partial charge in [-0.1, -0.05) is 43.7 Å². The molecule has 2 atom stereocenters. The first-order valence-electron chi connectivity index (χ1n) is 7.35. The van der Waals surface area contributed by atoms with E-state index in [1.807, 2.05) is 11.8 Å². The third-order valence-corrected chi connectivity index (χ3v) is 5.47. The van der Waals surface area contributed by atoms with Gasteiger partial charge in [-0.25, -0.2) is 4.39 Å². The smallest absolute Gasteiger partial charge is 0.157 e. The highest BCUT2D eigenvalue weighted by Gasteiger charge is 2.40. The predicted molar refractivity (Wildman–Crippen MR) is 83.5 cm³/mol. The van der Waals surface area contributed by atoms with Gasteiger partial charge in [0.25, 0.3) is 0 Å². The van der Waals surface area contributed by atoms with Gasteiger partial charge in [-0.3, -0.25) is 4.99 Å². The van der Waals surface area contributed by atoms with Crippen LogP contribution in [0.2, 0.25) is 0 Å². The molecule has 20 heavy (non-hydrogen) atoms. The lowest BCUT2D eigenvalue weighted by molar-refractivity contribution is 0.242. The molecule has 0 amide bonds. The molecule has 3 rings (SSSR count). The molecule has 1 aliphatic heterocycles. The van der Waals surface area contributed by atoms with E-state index >= 15 is 0 Å². The molecule has 0 bridgehead atoms. The molecule has 1 heterocycles. The van der Waals surface area contributed by atoms with Crippen LogP contribution in [-0.2, 0) is 6.54 Å². The fourth-order valence-corrected chi connectivity index (χ4v) is 4.44. The summed E-state index contributed by atoms with van der Waals surface area (Å²) in [4.78, 5) is 4.64. The minimum absolute atomic E-state index is 0.190. The van der Waals surface area contributed by atoms with Gasteiger partial charge in [-0.2, -0.15) is 0 Å². The lowest BCUT2D eigenvalue weighted by Crippen LogP contribution is -2.47. The van der Waals surface area contributed by atoms with Crippen molar-refractivity contribution in [1.29, 1.82) is 0 Å². The first-order valence-corrected chi connectivity index (χ1v) is 8.34. The van der Waals surface area contributed by atoms with Crippen LogP contribution in [0.15, 0.2) is 29.3 Å². The fourth-order valence-electron chi connectivity index (χ4n) is 3.25. The van der Waals surface area contributed by atoms with Crippen molar-refractivity contribution in [2.75, 3.05) is 5.75 Å². The molecule has 2 fully saturated rings. The summed E-state index contributed by atoms with van der Waals surface area (Å²) in [6.07, 6.45) is 5.20. The number of nitrogens with one attached hydrogen (secondary N) is 1. The summed E-state index contributed by atoms with van der Waals surface area (Å²) in [7, 11) is 0. The number of nitrogens with zero attached hydrogens (tertiary/aromatic N) is 1. The first kappa shape index (κ1) is 13.9. The predicted octanol–water partition coefficient (Wildman–Crippen LogP) is 3.97. The van der Waals surface area contributed by atoms with Gasteiger partial charge >= 0.3 is 0 Å². The molecule has 2 unspecified atom stereocenters. The number of rotatable bonds is 2. The van der Waals surface area contributed by atoms with Crippen molar-refractivity contribution in [1.82, 2.24) is 5.32 Å². The van der Waals surface area contributed by atoms with Crippen LogP contribution in [0.5, 0.6) is 0 Å². The van der Waals surface area contributed by atoms with Crippen LogP contribution in [0.4, 0.5) is 4.39 Å². The normalized spacial score (nSPS) is 31.7. The average molecular weight is 292 g/mol. The summed E-state index contributed by atoms with van der Waals surface area (Å²) in [5.74, 6) is 1.76. The van der Waals surface area contributed by atoms with E-state index in [-0.39, 0.29) is 11.4 Å². The van der Waals surface area contributed by atoms with Crippen molar-refractivity contribution >= 4 is 16.9 Å². The maximum atomic E-state index is 12.9. The molecule has 0 radical (unpaired) electrons. The summed E-state index contributed by atoms with van der Waals surface area (Å²) >= 11 is 1.84. The number of hydrogen-bond donors (Lipinski definition) is 1. The van der Waals surface area contributed by atoms with Crippen molar-refractivity contribution in [3.63, 3.8) is 0 Å². The Hall–Kier alpha value is -1.03. The van der Waals surface area contributed by atoms with E-state index in [1.54, 1.807) is 12.1 Å². The Kier molecular flexibility index (Phi) is 4.01. The minimum atomic E-state index is -0.190. The van der Waals surface area contributed by atoms with E-state index in [9.17, 15) is 4.39 Å². The second-order valence-corrected chi connectivity index (χ2v) is 7.11. The van der Waals surface area contributed by atoms with E-state index < -0.39 is 0 Å². The van der Waals surface area contributed by atoms with Crippen molar-refractivity contribution < 1.29 is 4.39 Å². The summed E-state index contributed by atoms with van der Waals surface area (Å²) < 4.78 is 12.9. The highest BCUT2D eigenvalue weighted by Crippen LogP contribution is 2.38. The van der Waals surface area contributed by atoms with Gasteiger partial charge in [0.2, 0.25) is 0 Å². The fraction of sp³-hybridized carbons (Fsp3) is 0.562. The maximum Gasteiger partial charge on any atom is 0.157 e. The second-order valence-electron chi connectivity index (χ2n) is 6.14. The van der Waals surface area contributed by atoms with Crippen molar-refractivity contribution in [2.24, 2.45) is 10.9 Å². The molecule has 2 nitrogen and oxygen atoms in total. The summed E-state index contributed by atoms with van der Waals surface area (Å²) in [5, 5.41) is 4.72. The molecule has 4 heteroatoms. The highest BCUT2D eigenvalue weighted by atomic mass is 32.2. The molecular formula is C16H21FN2S. The topological polar surface area (TPSA) is 24.4 Å². The zero-order valence-corrected chi connectivity index (χ0v) is 12.7. The van der Waals surface area contributed by atoms with E-state index in [2.05, 4.69) is 17.2 Å². The molecule has 1 spiro atoms. The lowest BCUT2D eigenvalue weighted by atomic mass is 9.78. The molecule has 1 saturated heterocycles. The summed E-state index contributed by atoms with van der Waals surface area (Å²) in [5.41, 5.74) is 1.34. The molecule has 0 aromatic heterocycles. The van der Waals surface area contributed by atoms with Gasteiger partial charge < -0.3 is 5.32 Å². The Balaban J connectivity index is 1.61.